The van der Waals surface area contributed by atoms with Gasteiger partial charge in [0, 0.05) is 18.6 Å². The molecule has 54 valence electrons. The van der Waals surface area contributed by atoms with Crippen LogP contribution in [0, 0.1) is 5.92 Å². The Morgan fingerprint density at radius 1 is 1.44 bits per heavy atom. The summed E-state index contributed by atoms with van der Waals surface area (Å²) in [6.45, 7) is 3.88. The average Bonchev–Trinajstić information content (AvgIpc) is 1.90. The monoisotopic (exact) mass is 148 g/mol. The molecular formula is C7H13ClO. The van der Waals surface area contributed by atoms with Crippen molar-refractivity contribution in [1.29, 1.82) is 0 Å². The van der Waals surface area contributed by atoms with Gasteiger partial charge in [0.25, 0.3) is 0 Å². The first-order valence-corrected chi connectivity index (χ1v) is 3.96. The van der Waals surface area contributed by atoms with Gasteiger partial charge in [-0.1, -0.05) is 0 Å². The van der Waals surface area contributed by atoms with Crippen LogP contribution in [0.4, 0.5) is 0 Å². The lowest BCUT2D eigenvalue weighted by Gasteiger charge is -2.23. The molecule has 0 aromatic heterocycles. The van der Waals surface area contributed by atoms with Gasteiger partial charge in [-0.2, -0.15) is 0 Å². The fourth-order valence-corrected chi connectivity index (χ4v) is 1.43. The molecule has 0 amide bonds. The molecule has 1 aliphatic heterocycles. The largest absolute Gasteiger partial charge is 0.381 e. The van der Waals surface area contributed by atoms with E-state index in [2.05, 4.69) is 6.92 Å². The van der Waals surface area contributed by atoms with Crippen LogP contribution in [-0.2, 0) is 4.74 Å². The highest BCUT2D eigenvalue weighted by molar-refractivity contribution is 6.20. The zero-order chi connectivity index (χ0) is 6.69. The minimum atomic E-state index is 0.328. The number of hydrogen-bond donors (Lipinski definition) is 0. The molecular weight excluding hydrogens is 136 g/mol. The molecule has 1 atom stereocenters. The van der Waals surface area contributed by atoms with Crippen LogP contribution in [0.25, 0.3) is 0 Å². The van der Waals surface area contributed by atoms with E-state index in [1.165, 1.54) is 0 Å². The summed E-state index contributed by atoms with van der Waals surface area (Å²) in [5.41, 5.74) is 0. The molecule has 1 fully saturated rings. The van der Waals surface area contributed by atoms with Crippen LogP contribution < -0.4 is 0 Å². The van der Waals surface area contributed by atoms with Crippen molar-refractivity contribution in [1.82, 2.24) is 0 Å². The SMILES string of the molecule is CC(Cl)C1CCOCC1. The van der Waals surface area contributed by atoms with Gasteiger partial charge in [0.15, 0.2) is 0 Å². The summed E-state index contributed by atoms with van der Waals surface area (Å²) in [6, 6.07) is 0. The highest BCUT2D eigenvalue weighted by atomic mass is 35.5. The fourth-order valence-electron chi connectivity index (χ4n) is 1.18. The number of rotatable bonds is 1. The van der Waals surface area contributed by atoms with Crippen molar-refractivity contribution >= 4 is 11.6 Å². The van der Waals surface area contributed by atoms with Gasteiger partial charge in [0.2, 0.25) is 0 Å². The van der Waals surface area contributed by atoms with Crippen molar-refractivity contribution in [3.8, 4) is 0 Å². The van der Waals surface area contributed by atoms with Crippen LogP contribution in [0.15, 0.2) is 0 Å². The van der Waals surface area contributed by atoms with Gasteiger partial charge in [-0.05, 0) is 25.7 Å². The highest BCUT2D eigenvalue weighted by Gasteiger charge is 2.17. The molecule has 0 saturated carbocycles. The van der Waals surface area contributed by atoms with E-state index in [0.717, 1.165) is 26.1 Å². The van der Waals surface area contributed by atoms with Crippen molar-refractivity contribution < 1.29 is 4.74 Å². The quantitative estimate of drug-likeness (QED) is 0.518. The molecule has 0 spiro atoms. The zero-order valence-electron chi connectivity index (χ0n) is 5.77. The van der Waals surface area contributed by atoms with Gasteiger partial charge in [-0.3, -0.25) is 0 Å². The van der Waals surface area contributed by atoms with Gasteiger partial charge in [0.05, 0.1) is 0 Å². The summed E-state index contributed by atoms with van der Waals surface area (Å²) in [7, 11) is 0. The number of alkyl halides is 1. The Balaban J connectivity index is 2.23. The maximum absolute atomic E-state index is 5.90. The summed E-state index contributed by atoms with van der Waals surface area (Å²) in [5.74, 6) is 0.695. The average molecular weight is 149 g/mol. The lowest BCUT2D eigenvalue weighted by atomic mass is 9.97. The maximum Gasteiger partial charge on any atom is 0.0469 e. The van der Waals surface area contributed by atoms with E-state index >= 15 is 0 Å². The summed E-state index contributed by atoms with van der Waals surface area (Å²) in [6.07, 6.45) is 2.29. The Hall–Kier alpha value is 0.250. The summed E-state index contributed by atoms with van der Waals surface area (Å²) in [4.78, 5) is 0. The van der Waals surface area contributed by atoms with E-state index in [1.807, 2.05) is 0 Å². The lowest BCUT2D eigenvalue weighted by molar-refractivity contribution is 0.0664. The van der Waals surface area contributed by atoms with E-state index in [1.54, 1.807) is 0 Å². The van der Waals surface area contributed by atoms with Crippen LogP contribution in [-0.4, -0.2) is 18.6 Å². The number of halogens is 1. The minimum absolute atomic E-state index is 0.328. The van der Waals surface area contributed by atoms with E-state index in [0.29, 0.717) is 11.3 Å². The lowest BCUT2D eigenvalue weighted by Crippen LogP contribution is -2.21. The third kappa shape index (κ3) is 2.15. The summed E-state index contributed by atoms with van der Waals surface area (Å²) in [5, 5.41) is 0.328. The van der Waals surface area contributed by atoms with Gasteiger partial charge in [-0.25, -0.2) is 0 Å². The molecule has 0 bridgehead atoms. The van der Waals surface area contributed by atoms with E-state index in [9.17, 15) is 0 Å². The predicted molar refractivity (Wildman–Crippen MR) is 38.9 cm³/mol. The molecule has 0 aromatic carbocycles. The van der Waals surface area contributed by atoms with Gasteiger partial charge in [0.1, 0.15) is 0 Å². The molecule has 2 heteroatoms. The Labute approximate surface area is 61.3 Å². The fraction of sp³-hybridized carbons (Fsp3) is 1.00. The molecule has 0 aliphatic carbocycles. The number of ether oxygens (including phenoxy) is 1. The normalized spacial score (nSPS) is 26.0. The Morgan fingerprint density at radius 2 is 2.00 bits per heavy atom. The first kappa shape index (κ1) is 7.36. The van der Waals surface area contributed by atoms with E-state index in [-0.39, 0.29) is 0 Å². The van der Waals surface area contributed by atoms with E-state index in [4.69, 9.17) is 16.3 Å². The molecule has 1 saturated heterocycles. The summed E-state index contributed by atoms with van der Waals surface area (Å²) < 4.78 is 5.19. The van der Waals surface area contributed by atoms with Gasteiger partial charge in [-0.15, -0.1) is 11.6 Å². The molecule has 1 nitrogen and oxygen atoms in total. The standard InChI is InChI=1S/C7H13ClO/c1-6(8)7-2-4-9-5-3-7/h6-7H,2-5H2,1H3. The first-order chi connectivity index (χ1) is 4.30. The van der Waals surface area contributed by atoms with Gasteiger partial charge >= 0.3 is 0 Å². The predicted octanol–water partition coefficient (Wildman–Crippen LogP) is 2.04. The maximum atomic E-state index is 5.90. The third-order valence-electron chi connectivity index (χ3n) is 1.92. The van der Waals surface area contributed by atoms with Gasteiger partial charge < -0.3 is 4.74 Å². The van der Waals surface area contributed by atoms with Crippen LogP contribution in [0.3, 0.4) is 0 Å². The van der Waals surface area contributed by atoms with Crippen molar-refractivity contribution in [2.75, 3.05) is 13.2 Å². The second kappa shape index (κ2) is 3.43. The van der Waals surface area contributed by atoms with Crippen molar-refractivity contribution in [2.45, 2.75) is 25.1 Å². The molecule has 0 N–H and O–H groups in total. The Morgan fingerprint density at radius 3 is 2.33 bits per heavy atom. The van der Waals surface area contributed by atoms with Crippen molar-refractivity contribution in [3.63, 3.8) is 0 Å². The second-order valence-corrected chi connectivity index (χ2v) is 3.32. The number of hydrogen-bond acceptors (Lipinski definition) is 1. The Bertz CT molecular complexity index is 77.0. The molecule has 1 unspecified atom stereocenters. The van der Waals surface area contributed by atoms with Crippen LogP contribution in [0.5, 0.6) is 0 Å². The minimum Gasteiger partial charge on any atom is -0.381 e. The first-order valence-electron chi connectivity index (χ1n) is 3.52. The van der Waals surface area contributed by atoms with Crippen molar-refractivity contribution in [3.05, 3.63) is 0 Å². The molecule has 1 aliphatic rings. The smallest absolute Gasteiger partial charge is 0.0469 e. The second-order valence-electron chi connectivity index (χ2n) is 2.63. The van der Waals surface area contributed by atoms with Crippen molar-refractivity contribution in [2.24, 2.45) is 5.92 Å². The van der Waals surface area contributed by atoms with Crippen LogP contribution in [0.2, 0.25) is 0 Å². The molecule has 0 aromatic rings. The third-order valence-corrected chi connectivity index (χ3v) is 2.27. The molecule has 1 rings (SSSR count). The molecule has 0 radical (unpaired) electrons. The molecule has 1 heterocycles. The topological polar surface area (TPSA) is 9.23 Å². The van der Waals surface area contributed by atoms with Crippen LogP contribution in [0.1, 0.15) is 19.8 Å². The zero-order valence-corrected chi connectivity index (χ0v) is 6.53. The van der Waals surface area contributed by atoms with Crippen LogP contribution >= 0.6 is 11.6 Å². The molecule has 9 heavy (non-hydrogen) atoms. The Kier molecular flexibility index (Phi) is 2.80. The highest BCUT2D eigenvalue weighted by Crippen LogP contribution is 2.21. The van der Waals surface area contributed by atoms with E-state index < -0.39 is 0 Å². The summed E-state index contributed by atoms with van der Waals surface area (Å²) >= 11 is 5.90.